The Hall–Kier alpha value is -3.41. The van der Waals surface area contributed by atoms with Crippen LogP contribution in [0, 0.1) is 0 Å². The van der Waals surface area contributed by atoms with Gasteiger partial charge in [-0.1, -0.05) is 48.5 Å². The van der Waals surface area contributed by atoms with Gasteiger partial charge in [0.2, 0.25) is 0 Å². The van der Waals surface area contributed by atoms with Crippen LogP contribution < -0.4 is 5.56 Å². The van der Waals surface area contributed by atoms with Crippen molar-refractivity contribution in [2.24, 2.45) is 0 Å². The molecule has 1 heterocycles. The molecule has 0 radical (unpaired) electrons. The number of alkyl halides is 3. The van der Waals surface area contributed by atoms with Crippen molar-refractivity contribution in [3.8, 4) is 17.1 Å². The molecular formula is C21H13F3N2O. The molecule has 0 aliphatic heterocycles. The first kappa shape index (κ1) is 17.0. The lowest BCUT2D eigenvalue weighted by atomic mass is 10.1. The van der Waals surface area contributed by atoms with Gasteiger partial charge in [-0.3, -0.25) is 9.36 Å². The van der Waals surface area contributed by atoms with E-state index in [2.05, 4.69) is 4.98 Å². The van der Waals surface area contributed by atoms with Gasteiger partial charge in [0.15, 0.2) is 0 Å². The highest BCUT2D eigenvalue weighted by Crippen LogP contribution is 2.31. The SMILES string of the molecule is O=c1c2ccccc2nc(-c2ccccc2)n1-c1cccc(C(F)(F)F)c1. The Bertz CT molecular complexity index is 1180. The van der Waals surface area contributed by atoms with E-state index in [0.717, 1.165) is 12.1 Å². The van der Waals surface area contributed by atoms with Crippen molar-refractivity contribution in [3.05, 3.63) is 94.8 Å². The number of rotatable bonds is 2. The van der Waals surface area contributed by atoms with Gasteiger partial charge in [-0.25, -0.2) is 4.98 Å². The van der Waals surface area contributed by atoms with Crippen molar-refractivity contribution in [1.29, 1.82) is 0 Å². The third-order valence-electron chi connectivity index (χ3n) is 4.24. The molecule has 0 amide bonds. The Morgan fingerprint density at radius 1 is 0.815 bits per heavy atom. The lowest BCUT2D eigenvalue weighted by molar-refractivity contribution is -0.137. The largest absolute Gasteiger partial charge is 0.416 e. The monoisotopic (exact) mass is 366 g/mol. The number of benzene rings is 3. The van der Waals surface area contributed by atoms with E-state index in [9.17, 15) is 18.0 Å². The minimum absolute atomic E-state index is 0.118. The van der Waals surface area contributed by atoms with E-state index in [4.69, 9.17) is 0 Å². The van der Waals surface area contributed by atoms with Crippen LogP contribution >= 0.6 is 0 Å². The van der Waals surface area contributed by atoms with Crippen molar-refractivity contribution in [2.75, 3.05) is 0 Å². The van der Waals surface area contributed by atoms with Crippen LogP contribution in [-0.2, 0) is 6.18 Å². The average Bonchev–Trinajstić information content (AvgIpc) is 2.68. The summed E-state index contributed by atoms with van der Waals surface area (Å²) in [6, 6.07) is 20.4. The lowest BCUT2D eigenvalue weighted by Crippen LogP contribution is -2.22. The smallest absolute Gasteiger partial charge is 0.268 e. The predicted octanol–water partition coefficient (Wildman–Crippen LogP) is 5.07. The van der Waals surface area contributed by atoms with Gasteiger partial charge in [0.1, 0.15) is 5.82 Å². The Morgan fingerprint density at radius 3 is 2.26 bits per heavy atom. The maximum absolute atomic E-state index is 13.2. The molecule has 0 aliphatic carbocycles. The van der Waals surface area contributed by atoms with Gasteiger partial charge in [-0.05, 0) is 30.3 Å². The fourth-order valence-corrected chi connectivity index (χ4v) is 2.97. The summed E-state index contributed by atoms with van der Waals surface area (Å²) in [4.78, 5) is 17.7. The first-order chi connectivity index (χ1) is 12.9. The fourth-order valence-electron chi connectivity index (χ4n) is 2.97. The number of aromatic nitrogens is 2. The summed E-state index contributed by atoms with van der Waals surface area (Å²) in [7, 11) is 0. The molecule has 3 nitrogen and oxygen atoms in total. The summed E-state index contributed by atoms with van der Waals surface area (Å²) in [5.74, 6) is 0.290. The molecule has 3 aromatic carbocycles. The standard InChI is InChI=1S/C21H13F3N2O/c22-21(23,24)15-9-6-10-16(13-15)26-19(14-7-2-1-3-8-14)25-18-12-5-4-11-17(18)20(26)27/h1-13H. The molecule has 0 spiro atoms. The summed E-state index contributed by atoms with van der Waals surface area (Å²) in [6.07, 6.45) is -4.50. The van der Waals surface area contributed by atoms with E-state index in [1.54, 1.807) is 48.5 Å². The third kappa shape index (κ3) is 3.10. The highest BCUT2D eigenvalue weighted by molar-refractivity contribution is 5.80. The van der Waals surface area contributed by atoms with Crippen LogP contribution in [-0.4, -0.2) is 9.55 Å². The van der Waals surface area contributed by atoms with E-state index < -0.39 is 17.3 Å². The number of nitrogens with zero attached hydrogens (tertiary/aromatic N) is 2. The van der Waals surface area contributed by atoms with Gasteiger partial charge in [0, 0.05) is 5.56 Å². The van der Waals surface area contributed by atoms with Crippen molar-refractivity contribution in [3.63, 3.8) is 0 Å². The van der Waals surface area contributed by atoms with Crippen LogP contribution in [0.15, 0.2) is 83.7 Å². The molecule has 0 saturated heterocycles. The Labute approximate surface area is 152 Å². The van der Waals surface area contributed by atoms with Gasteiger partial charge in [-0.15, -0.1) is 0 Å². The molecule has 0 unspecified atom stereocenters. The summed E-state index contributed by atoms with van der Waals surface area (Å²) in [5.41, 5.74) is 0.00660. The molecule has 6 heteroatoms. The van der Waals surface area contributed by atoms with E-state index in [1.807, 2.05) is 6.07 Å². The number of para-hydroxylation sites is 1. The number of fused-ring (bicyclic) bond motifs is 1. The van der Waals surface area contributed by atoms with Crippen molar-refractivity contribution < 1.29 is 13.2 Å². The fraction of sp³-hybridized carbons (Fsp3) is 0.0476. The molecule has 0 saturated carbocycles. The highest BCUT2D eigenvalue weighted by Gasteiger charge is 2.30. The van der Waals surface area contributed by atoms with E-state index in [1.165, 1.54) is 16.7 Å². The Balaban J connectivity index is 2.08. The summed E-state index contributed by atoms with van der Waals surface area (Å²) >= 11 is 0. The molecular weight excluding hydrogens is 353 g/mol. The average molecular weight is 366 g/mol. The number of hydrogen-bond acceptors (Lipinski definition) is 2. The minimum Gasteiger partial charge on any atom is -0.268 e. The molecule has 0 fully saturated rings. The first-order valence-electron chi connectivity index (χ1n) is 8.20. The first-order valence-corrected chi connectivity index (χ1v) is 8.20. The van der Waals surface area contributed by atoms with Crippen molar-refractivity contribution >= 4 is 10.9 Å². The topological polar surface area (TPSA) is 34.9 Å². The summed E-state index contributed by atoms with van der Waals surface area (Å²) in [5, 5.41) is 0.342. The Kier molecular flexibility index (Phi) is 4.03. The van der Waals surface area contributed by atoms with E-state index >= 15 is 0 Å². The molecule has 4 aromatic rings. The van der Waals surface area contributed by atoms with Gasteiger partial charge < -0.3 is 0 Å². The molecule has 0 aliphatic rings. The third-order valence-corrected chi connectivity index (χ3v) is 4.24. The maximum Gasteiger partial charge on any atom is 0.416 e. The van der Waals surface area contributed by atoms with E-state index in [0.29, 0.717) is 22.3 Å². The molecule has 0 bridgehead atoms. The minimum atomic E-state index is -4.50. The van der Waals surface area contributed by atoms with Gasteiger partial charge in [0.25, 0.3) is 5.56 Å². The van der Waals surface area contributed by atoms with E-state index in [-0.39, 0.29) is 5.69 Å². The van der Waals surface area contributed by atoms with Crippen molar-refractivity contribution in [1.82, 2.24) is 9.55 Å². The molecule has 0 N–H and O–H groups in total. The summed E-state index contributed by atoms with van der Waals surface area (Å²) < 4.78 is 40.7. The molecule has 0 atom stereocenters. The van der Waals surface area contributed by atoms with Crippen LogP contribution in [0.4, 0.5) is 13.2 Å². The zero-order chi connectivity index (χ0) is 19.0. The number of hydrogen-bond donors (Lipinski definition) is 0. The molecule has 1 aromatic heterocycles. The second-order valence-electron chi connectivity index (χ2n) is 6.01. The van der Waals surface area contributed by atoms with Gasteiger partial charge in [-0.2, -0.15) is 13.2 Å². The van der Waals surface area contributed by atoms with Crippen LogP contribution in [0.2, 0.25) is 0 Å². The molecule has 4 rings (SSSR count). The quantitative estimate of drug-likeness (QED) is 0.496. The zero-order valence-electron chi connectivity index (χ0n) is 13.9. The molecule has 27 heavy (non-hydrogen) atoms. The van der Waals surface area contributed by atoms with Gasteiger partial charge in [0.05, 0.1) is 22.2 Å². The van der Waals surface area contributed by atoms with Crippen LogP contribution in [0.3, 0.4) is 0 Å². The maximum atomic E-state index is 13.2. The highest BCUT2D eigenvalue weighted by atomic mass is 19.4. The normalized spacial score (nSPS) is 11.7. The van der Waals surface area contributed by atoms with Crippen LogP contribution in [0.5, 0.6) is 0 Å². The van der Waals surface area contributed by atoms with Crippen LogP contribution in [0.25, 0.3) is 28.0 Å². The number of halogens is 3. The zero-order valence-corrected chi connectivity index (χ0v) is 13.9. The second-order valence-corrected chi connectivity index (χ2v) is 6.01. The summed E-state index contributed by atoms with van der Waals surface area (Å²) in [6.45, 7) is 0. The molecule has 134 valence electrons. The van der Waals surface area contributed by atoms with Gasteiger partial charge >= 0.3 is 6.18 Å². The Morgan fingerprint density at radius 2 is 1.52 bits per heavy atom. The van der Waals surface area contributed by atoms with Crippen LogP contribution in [0.1, 0.15) is 5.56 Å². The van der Waals surface area contributed by atoms with Crippen molar-refractivity contribution in [2.45, 2.75) is 6.18 Å². The second kappa shape index (κ2) is 6.39. The lowest BCUT2D eigenvalue weighted by Gasteiger charge is -2.15. The predicted molar refractivity (Wildman–Crippen MR) is 97.8 cm³/mol.